The number of amidine groups is 1. The largest absolute Gasteiger partial charge is 0.493 e. The zero-order valence-corrected chi connectivity index (χ0v) is 12.3. The highest BCUT2D eigenvalue weighted by Crippen LogP contribution is 2.29. The molecule has 0 fully saturated rings. The van der Waals surface area contributed by atoms with Crippen LogP contribution in [-0.4, -0.2) is 26.0 Å². The number of ether oxygens (including phenoxy) is 2. The van der Waals surface area contributed by atoms with Crippen molar-refractivity contribution in [2.75, 3.05) is 20.2 Å². The maximum Gasteiger partial charge on any atom is 0.161 e. The summed E-state index contributed by atoms with van der Waals surface area (Å²) >= 11 is 0. The Morgan fingerprint density at radius 1 is 1.14 bits per heavy atom. The Hall–Kier alpha value is -2.56. The average Bonchev–Trinajstić information content (AvgIpc) is 3.08. The standard InChI is InChI=1S/C17H17FN2O2/c1-21-16-10-13(17-19-8-9-20-17)4-7-15(16)22-11-12-2-5-14(18)6-3-12/h2-7,10H,8-9,11H2,1H3,(H,19,20). The van der Waals surface area contributed by atoms with Crippen molar-refractivity contribution in [1.29, 1.82) is 0 Å². The van der Waals surface area contributed by atoms with Gasteiger partial charge in [-0.05, 0) is 35.9 Å². The molecule has 0 saturated carbocycles. The van der Waals surface area contributed by atoms with Gasteiger partial charge in [-0.2, -0.15) is 0 Å². The highest BCUT2D eigenvalue weighted by atomic mass is 19.1. The monoisotopic (exact) mass is 300 g/mol. The van der Waals surface area contributed by atoms with Crippen LogP contribution in [0.15, 0.2) is 47.5 Å². The van der Waals surface area contributed by atoms with Crippen molar-refractivity contribution in [1.82, 2.24) is 5.32 Å². The molecule has 0 radical (unpaired) electrons. The van der Waals surface area contributed by atoms with Gasteiger partial charge in [0.15, 0.2) is 11.5 Å². The number of rotatable bonds is 5. The van der Waals surface area contributed by atoms with Gasteiger partial charge in [0.1, 0.15) is 18.3 Å². The van der Waals surface area contributed by atoms with Gasteiger partial charge in [-0.3, -0.25) is 4.99 Å². The van der Waals surface area contributed by atoms with Gasteiger partial charge < -0.3 is 14.8 Å². The third kappa shape index (κ3) is 3.19. The Labute approximate surface area is 128 Å². The topological polar surface area (TPSA) is 42.8 Å². The van der Waals surface area contributed by atoms with Gasteiger partial charge in [-0.1, -0.05) is 12.1 Å². The van der Waals surface area contributed by atoms with E-state index in [0.29, 0.717) is 18.1 Å². The second-order valence-corrected chi connectivity index (χ2v) is 4.94. The molecule has 1 N–H and O–H groups in total. The molecule has 1 aliphatic heterocycles. The fourth-order valence-corrected chi connectivity index (χ4v) is 2.27. The lowest BCUT2D eigenvalue weighted by Gasteiger charge is -2.12. The smallest absolute Gasteiger partial charge is 0.161 e. The molecule has 1 heterocycles. The number of methoxy groups -OCH3 is 1. The lowest BCUT2D eigenvalue weighted by atomic mass is 10.2. The minimum absolute atomic E-state index is 0.254. The third-order valence-corrected chi connectivity index (χ3v) is 3.42. The van der Waals surface area contributed by atoms with Gasteiger partial charge in [0.2, 0.25) is 0 Å². The van der Waals surface area contributed by atoms with Crippen LogP contribution in [0.25, 0.3) is 0 Å². The summed E-state index contributed by atoms with van der Waals surface area (Å²) in [5.41, 5.74) is 1.87. The first-order chi connectivity index (χ1) is 10.8. The molecule has 2 aromatic carbocycles. The van der Waals surface area contributed by atoms with Gasteiger partial charge >= 0.3 is 0 Å². The molecule has 0 aromatic heterocycles. The molecule has 22 heavy (non-hydrogen) atoms. The number of hydrogen-bond donors (Lipinski definition) is 1. The molecule has 0 atom stereocenters. The fourth-order valence-electron chi connectivity index (χ4n) is 2.27. The molecule has 2 aromatic rings. The maximum atomic E-state index is 12.9. The van der Waals surface area contributed by atoms with Crippen LogP contribution in [0.2, 0.25) is 0 Å². The molecular formula is C17H17FN2O2. The molecule has 3 rings (SSSR count). The highest BCUT2D eigenvalue weighted by Gasteiger charge is 2.12. The summed E-state index contributed by atoms with van der Waals surface area (Å²) in [7, 11) is 1.60. The van der Waals surface area contributed by atoms with E-state index in [9.17, 15) is 4.39 Å². The molecular weight excluding hydrogens is 283 g/mol. The van der Waals surface area contributed by atoms with Gasteiger partial charge in [0.25, 0.3) is 0 Å². The fraction of sp³-hybridized carbons (Fsp3) is 0.235. The Morgan fingerprint density at radius 3 is 2.64 bits per heavy atom. The van der Waals surface area contributed by atoms with Crippen molar-refractivity contribution in [3.63, 3.8) is 0 Å². The zero-order chi connectivity index (χ0) is 15.4. The lowest BCUT2D eigenvalue weighted by molar-refractivity contribution is 0.284. The van der Waals surface area contributed by atoms with Crippen LogP contribution in [0.3, 0.4) is 0 Å². The molecule has 114 valence electrons. The van der Waals surface area contributed by atoms with E-state index in [0.717, 1.165) is 30.1 Å². The molecule has 4 nitrogen and oxygen atoms in total. The van der Waals surface area contributed by atoms with E-state index in [1.165, 1.54) is 12.1 Å². The van der Waals surface area contributed by atoms with Crippen LogP contribution < -0.4 is 14.8 Å². The Bertz CT molecular complexity index is 684. The lowest BCUT2D eigenvalue weighted by Crippen LogP contribution is -2.19. The van der Waals surface area contributed by atoms with E-state index in [-0.39, 0.29) is 5.82 Å². The third-order valence-electron chi connectivity index (χ3n) is 3.42. The minimum Gasteiger partial charge on any atom is -0.493 e. The molecule has 5 heteroatoms. The first kappa shape index (κ1) is 14.4. The molecule has 0 spiro atoms. The Kier molecular flexibility index (Phi) is 4.23. The summed E-state index contributed by atoms with van der Waals surface area (Å²) in [5, 5.41) is 3.22. The molecule has 0 unspecified atom stereocenters. The van der Waals surface area contributed by atoms with Gasteiger partial charge in [0.05, 0.1) is 13.7 Å². The highest BCUT2D eigenvalue weighted by molar-refractivity contribution is 6.00. The molecule has 0 aliphatic carbocycles. The Morgan fingerprint density at radius 2 is 1.95 bits per heavy atom. The first-order valence-corrected chi connectivity index (χ1v) is 7.10. The number of nitrogens with zero attached hydrogens (tertiary/aromatic N) is 1. The summed E-state index contributed by atoms with van der Waals surface area (Å²) in [6.45, 7) is 2.01. The van der Waals surface area contributed by atoms with Crippen molar-refractivity contribution in [2.24, 2.45) is 4.99 Å². The van der Waals surface area contributed by atoms with Gasteiger partial charge in [0, 0.05) is 12.1 Å². The van der Waals surface area contributed by atoms with Crippen LogP contribution >= 0.6 is 0 Å². The second-order valence-electron chi connectivity index (χ2n) is 4.94. The van der Waals surface area contributed by atoms with E-state index in [2.05, 4.69) is 10.3 Å². The first-order valence-electron chi connectivity index (χ1n) is 7.10. The zero-order valence-electron chi connectivity index (χ0n) is 12.3. The molecule has 1 aliphatic rings. The Balaban J connectivity index is 1.74. The number of hydrogen-bond acceptors (Lipinski definition) is 4. The normalized spacial score (nSPS) is 13.5. The van der Waals surface area contributed by atoms with E-state index in [1.54, 1.807) is 19.2 Å². The molecule has 0 saturated heterocycles. The van der Waals surface area contributed by atoms with Crippen molar-refractivity contribution in [3.8, 4) is 11.5 Å². The summed E-state index contributed by atoms with van der Waals surface area (Å²) < 4.78 is 24.0. The predicted molar refractivity (Wildman–Crippen MR) is 83.1 cm³/mol. The van der Waals surface area contributed by atoms with E-state index < -0.39 is 0 Å². The quantitative estimate of drug-likeness (QED) is 0.923. The number of nitrogens with one attached hydrogen (secondary N) is 1. The van der Waals surface area contributed by atoms with Crippen LogP contribution in [0, 0.1) is 5.82 Å². The SMILES string of the molecule is COc1cc(C2=NCCN2)ccc1OCc1ccc(F)cc1. The molecule has 0 bridgehead atoms. The van der Waals surface area contributed by atoms with Crippen molar-refractivity contribution in [3.05, 3.63) is 59.4 Å². The van der Waals surface area contributed by atoms with Crippen LogP contribution in [0.5, 0.6) is 11.5 Å². The van der Waals surface area contributed by atoms with Crippen molar-refractivity contribution >= 4 is 5.84 Å². The average molecular weight is 300 g/mol. The van der Waals surface area contributed by atoms with Crippen LogP contribution in [-0.2, 0) is 6.61 Å². The summed E-state index contributed by atoms with van der Waals surface area (Å²) in [6, 6.07) is 11.9. The molecule has 0 amide bonds. The maximum absolute atomic E-state index is 12.9. The summed E-state index contributed by atoms with van der Waals surface area (Å²) in [6.07, 6.45) is 0. The summed E-state index contributed by atoms with van der Waals surface area (Å²) in [5.74, 6) is 1.92. The van der Waals surface area contributed by atoms with Crippen LogP contribution in [0.1, 0.15) is 11.1 Å². The van der Waals surface area contributed by atoms with Crippen molar-refractivity contribution in [2.45, 2.75) is 6.61 Å². The van der Waals surface area contributed by atoms with E-state index in [1.807, 2.05) is 18.2 Å². The number of halogens is 1. The van der Waals surface area contributed by atoms with Crippen molar-refractivity contribution < 1.29 is 13.9 Å². The second kappa shape index (κ2) is 6.47. The predicted octanol–water partition coefficient (Wildman–Crippen LogP) is 2.76. The van der Waals surface area contributed by atoms with Gasteiger partial charge in [-0.25, -0.2) is 4.39 Å². The van der Waals surface area contributed by atoms with Gasteiger partial charge in [-0.15, -0.1) is 0 Å². The van der Waals surface area contributed by atoms with E-state index in [4.69, 9.17) is 9.47 Å². The number of aliphatic imine (C=N–C) groups is 1. The summed E-state index contributed by atoms with van der Waals surface area (Å²) in [4.78, 5) is 4.39. The number of benzene rings is 2. The van der Waals surface area contributed by atoms with E-state index >= 15 is 0 Å². The van der Waals surface area contributed by atoms with Crippen LogP contribution in [0.4, 0.5) is 4.39 Å². The minimum atomic E-state index is -0.254.